The van der Waals surface area contributed by atoms with Crippen molar-refractivity contribution in [2.75, 3.05) is 0 Å². The zero-order valence-corrected chi connectivity index (χ0v) is 13.7. The van der Waals surface area contributed by atoms with Crippen molar-refractivity contribution in [3.8, 4) is 11.4 Å². The second kappa shape index (κ2) is 6.73. The number of H-pyrrole nitrogens is 1. The third-order valence-electron chi connectivity index (χ3n) is 3.19. The van der Waals surface area contributed by atoms with E-state index in [1.807, 2.05) is 30.3 Å². The molecule has 0 radical (unpaired) electrons. The molecule has 0 amide bonds. The van der Waals surface area contributed by atoms with Gasteiger partial charge in [-0.3, -0.25) is 10.1 Å². The average molecular weight is 360 g/mol. The van der Waals surface area contributed by atoms with Crippen LogP contribution in [0, 0.1) is 14.9 Å². The summed E-state index contributed by atoms with van der Waals surface area (Å²) in [7, 11) is 0. The van der Waals surface area contributed by atoms with Crippen molar-refractivity contribution < 1.29 is 4.92 Å². The van der Waals surface area contributed by atoms with Crippen molar-refractivity contribution in [1.29, 1.82) is 0 Å². The van der Waals surface area contributed by atoms with Gasteiger partial charge in [0.2, 0.25) is 4.77 Å². The molecule has 7 nitrogen and oxygen atoms in total. The van der Waals surface area contributed by atoms with Crippen molar-refractivity contribution >= 4 is 35.7 Å². The van der Waals surface area contributed by atoms with E-state index >= 15 is 0 Å². The molecule has 0 spiro atoms. The van der Waals surface area contributed by atoms with E-state index in [-0.39, 0.29) is 5.69 Å². The van der Waals surface area contributed by atoms with E-state index in [9.17, 15) is 10.1 Å². The SMILES string of the molecule is O=[N+]([O-])c1ccc(Cl)c(/C=N/n2c(-c3ccccc3)n[nH]c2=S)c1. The van der Waals surface area contributed by atoms with Crippen LogP contribution in [0.5, 0.6) is 0 Å². The fourth-order valence-electron chi connectivity index (χ4n) is 2.04. The highest BCUT2D eigenvalue weighted by molar-refractivity contribution is 7.71. The first kappa shape index (κ1) is 16.0. The molecule has 0 fully saturated rings. The largest absolute Gasteiger partial charge is 0.270 e. The number of nitro groups is 1. The number of aromatic nitrogens is 3. The van der Waals surface area contributed by atoms with Gasteiger partial charge in [0.25, 0.3) is 5.69 Å². The molecule has 3 aromatic rings. The molecule has 0 aliphatic heterocycles. The normalized spacial score (nSPS) is 11.0. The van der Waals surface area contributed by atoms with Gasteiger partial charge in [0.15, 0.2) is 5.82 Å². The number of nitro benzene ring substituents is 1. The van der Waals surface area contributed by atoms with E-state index in [1.54, 1.807) is 0 Å². The molecule has 0 bridgehead atoms. The van der Waals surface area contributed by atoms with Crippen LogP contribution in [0.1, 0.15) is 5.56 Å². The molecule has 0 unspecified atom stereocenters. The van der Waals surface area contributed by atoms with Crippen LogP contribution in [0.15, 0.2) is 53.6 Å². The zero-order valence-electron chi connectivity index (χ0n) is 12.1. The second-order valence-electron chi connectivity index (χ2n) is 4.74. The maximum absolute atomic E-state index is 10.9. The summed E-state index contributed by atoms with van der Waals surface area (Å²) in [6.45, 7) is 0. The zero-order chi connectivity index (χ0) is 17.1. The minimum atomic E-state index is -0.493. The summed E-state index contributed by atoms with van der Waals surface area (Å²) in [6, 6.07) is 13.5. The molecule has 0 atom stereocenters. The van der Waals surface area contributed by atoms with Gasteiger partial charge in [-0.05, 0) is 18.3 Å². The predicted molar refractivity (Wildman–Crippen MR) is 93.9 cm³/mol. The molecule has 0 saturated heterocycles. The van der Waals surface area contributed by atoms with Gasteiger partial charge in [-0.15, -0.1) is 0 Å². The van der Waals surface area contributed by atoms with Gasteiger partial charge >= 0.3 is 0 Å². The quantitative estimate of drug-likeness (QED) is 0.329. The van der Waals surface area contributed by atoms with E-state index in [0.29, 0.717) is 21.2 Å². The van der Waals surface area contributed by atoms with Gasteiger partial charge in [-0.1, -0.05) is 41.9 Å². The first-order valence-electron chi connectivity index (χ1n) is 6.77. The summed E-state index contributed by atoms with van der Waals surface area (Å²) in [5.41, 5.74) is 1.17. The van der Waals surface area contributed by atoms with Gasteiger partial charge in [0.05, 0.1) is 11.1 Å². The lowest BCUT2D eigenvalue weighted by Gasteiger charge is -2.01. The van der Waals surface area contributed by atoms with E-state index in [0.717, 1.165) is 5.56 Å². The molecule has 1 heterocycles. The highest BCUT2D eigenvalue weighted by Crippen LogP contribution is 2.21. The van der Waals surface area contributed by atoms with Crippen LogP contribution in [-0.4, -0.2) is 26.0 Å². The number of nitrogens with zero attached hydrogens (tertiary/aromatic N) is 4. The summed E-state index contributed by atoms with van der Waals surface area (Å²) in [6.07, 6.45) is 1.41. The van der Waals surface area contributed by atoms with Crippen molar-refractivity contribution in [1.82, 2.24) is 14.9 Å². The van der Waals surface area contributed by atoms with Gasteiger partial charge in [-0.2, -0.15) is 14.9 Å². The van der Waals surface area contributed by atoms with Crippen molar-refractivity contribution in [2.24, 2.45) is 5.10 Å². The first-order chi connectivity index (χ1) is 11.6. The molecule has 24 heavy (non-hydrogen) atoms. The Morgan fingerprint density at radius 1 is 1.29 bits per heavy atom. The number of benzene rings is 2. The summed E-state index contributed by atoms with van der Waals surface area (Å²) in [5, 5.41) is 22.3. The van der Waals surface area contributed by atoms with Gasteiger partial charge in [0, 0.05) is 28.3 Å². The lowest BCUT2D eigenvalue weighted by Crippen LogP contribution is -1.96. The highest BCUT2D eigenvalue weighted by Gasteiger charge is 2.10. The third-order valence-corrected chi connectivity index (χ3v) is 3.79. The summed E-state index contributed by atoms with van der Waals surface area (Å²) < 4.78 is 1.73. The third kappa shape index (κ3) is 3.24. The van der Waals surface area contributed by atoms with Crippen molar-refractivity contribution in [3.63, 3.8) is 0 Å². The average Bonchev–Trinajstić information content (AvgIpc) is 2.95. The Morgan fingerprint density at radius 3 is 2.75 bits per heavy atom. The lowest BCUT2D eigenvalue weighted by molar-refractivity contribution is -0.384. The number of hydrogen-bond acceptors (Lipinski definition) is 5. The minimum absolute atomic E-state index is 0.0695. The smallest absolute Gasteiger partial charge is 0.258 e. The topological polar surface area (TPSA) is 89.1 Å². The Labute approximate surface area is 146 Å². The molecule has 2 aromatic carbocycles. The number of aromatic amines is 1. The molecule has 0 saturated carbocycles. The van der Waals surface area contributed by atoms with Gasteiger partial charge < -0.3 is 0 Å². The summed E-state index contributed by atoms with van der Waals surface area (Å²) >= 11 is 11.2. The number of nitrogens with one attached hydrogen (secondary N) is 1. The first-order valence-corrected chi connectivity index (χ1v) is 7.56. The maximum Gasteiger partial charge on any atom is 0.270 e. The summed E-state index contributed by atoms with van der Waals surface area (Å²) in [5.74, 6) is 0.526. The van der Waals surface area contributed by atoms with Crippen LogP contribution < -0.4 is 0 Å². The Balaban J connectivity index is 2.02. The van der Waals surface area contributed by atoms with Crippen LogP contribution in [-0.2, 0) is 0 Å². The van der Waals surface area contributed by atoms with Gasteiger partial charge in [0.1, 0.15) is 0 Å². The molecule has 0 aliphatic rings. The number of non-ortho nitro benzene ring substituents is 1. The van der Waals surface area contributed by atoms with Crippen LogP contribution in [0.2, 0.25) is 5.02 Å². The van der Waals surface area contributed by atoms with E-state index in [4.69, 9.17) is 23.8 Å². The van der Waals surface area contributed by atoms with Crippen LogP contribution in [0.3, 0.4) is 0 Å². The fourth-order valence-corrected chi connectivity index (χ4v) is 2.38. The molecule has 0 aliphatic carbocycles. The molecule has 9 heteroatoms. The molecule has 120 valence electrons. The molecular formula is C15H10ClN5O2S. The molecule has 3 rings (SSSR count). The maximum atomic E-state index is 10.9. The standard InChI is InChI=1S/C15H10ClN5O2S/c16-13-7-6-12(21(22)23)8-11(13)9-17-20-14(18-19-15(20)24)10-4-2-1-3-5-10/h1-9H,(H,19,24)/b17-9+. The van der Waals surface area contributed by atoms with E-state index in [1.165, 1.54) is 29.1 Å². The van der Waals surface area contributed by atoms with Crippen molar-refractivity contribution in [3.05, 3.63) is 74.0 Å². The molecule has 1 N–H and O–H groups in total. The second-order valence-corrected chi connectivity index (χ2v) is 5.53. The highest BCUT2D eigenvalue weighted by atomic mass is 35.5. The van der Waals surface area contributed by atoms with Crippen molar-refractivity contribution in [2.45, 2.75) is 0 Å². The monoisotopic (exact) mass is 359 g/mol. The molecular weight excluding hydrogens is 350 g/mol. The number of rotatable bonds is 4. The van der Waals surface area contributed by atoms with E-state index in [2.05, 4.69) is 15.3 Å². The van der Waals surface area contributed by atoms with Crippen LogP contribution >= 0.6 is 23.8 Å². The lowest BCUT2D eigenvalue weighted by atomic mass is 10.2. The Kier molecular flexibility index (Phi) is 4.50. The fraction of sp³-hybridized carbons (Fsp3) is 0. The van der Waals surface area contributed by atoms with Gasteiger partial charge in [-0.25, -0.2) is 5.10 Å². The predicted octanol–water partition coefficient (Wildman–Crippen LogP) is 4.05. The van der Waals surface area contributed by atoms with E-state index < -0.39 is 4.92 Å². The van der Waals surface area contributed by atoms with Crippen LogP contribution in [0.4, 0.5) is 5.69 Å². The minimum Gasteiger partial charge on any atom is -0.258 e. The molecule has 1 aromatic heterocycles. The Bertz CT molecular complexity index is 981. The van der Waals surface area contributed by atoms with Crippen LogP contribution in [0.25, 0.3) is 11.4 Å². The Morgan fingerprint density at radius 2 is 2.04 bits per heavy atom. The number of hydrogen-bond donors (Lipinski definition) is 1. The Hall–Kier alpha value is -2.84. The summed E-state index contributed by atoms with van der Waals surface area (Å²) in [4.78, 5) is 10.4. The number of halogens is 1.